The van der Waals surface area contributed by atoms with E-state index in [9.17, 15) is 23.3 Å². The molecular formula is C22H25N3O7S. The van der Waals surface area contributed by atoms with E-state index >= 15 is 0 Å². The number of piperidine rings is 1. The number of carbonyl (C=O) groups excluding carboxylic acids is 1. The lowest BCUT2D eigenvalue weighted by Crippen LogP contribution is -2.53. The highest BCUT2D eigenvalue weighted by atomic mass is 32.2. The number of nitro benzene ring substituents is 1. The number of likely N-dealkylation sites (tertiary alicyclic amines) is 1. The summed E-state index contributed by atoms with van der Waals surface area (Å²) in [7, 11) is -3.42. The molecule has 2 aromatic rings. The van der Waals surface area contributed by atoms with Crippen LogP contribution in [0.5, 0.6) is 5.75 Å². The Kier molecular flexibility index (Phi) is 6.91. The number of rotatable bonds is 7. The number of nitrogens with zero attached hydrogens (tertiary/aromatic N) is 2. The Bertz CT molecular complexity index is 1090. The molecule has 0 aromatic heterocycles. The standard InChI is InChI=1S/C22H25N3O7S/c26-22(32-19-5-3-17(4-6-19)25(27)28)23-13-16-1-7-20(8-2-16)33(29,30)21-9-11-24(12-10-21)18-14-31-15-18/h1-8,18,21H,9-15H2,(H,23,26). The van der Waals surface area contributed by atoms with Crippen LogP contribution in [0.25, 0.3) is 0 Å². The van der Waals surface area contributed by atoms with Crippen molar-refractivity contribution in [2.75, 3.05) is 26.3 Å². The fraction of sp³-hybridized carbons (Fsp3) is 0.409. The van der Waals surface area contributed by atoms with Gasteiger partial charge in [-0.25, -0.2) is 13.2 Å². The fourth-order valence-electron chi connectivity index (χ4n) is 3.93. The molecule has 4 rings (SSSR count). The molecule has 0 unspecified atom stereocenters. The van der Waals surface area contributed by atoms with Gasteiger partial charge >= 0.3 is 6.09 Å². The highest BCUT2D eigenvalue weighted by Gasteiger charge is 2.35. The van der Waals surface area contributed by atoms with E-state index < -0.39 is 26.1 Å². The smallest absolute Gasteiger partial charge is 0.410 e. The van der Waals surface area contributed by atoms with Gasteiger partial charge in [-0.1, -0.05) is 12.1 Å². The van der Waals surface area contributed by atoms with Crippen molar-refractivity contribution in [3.8, 4) is 5.75 Å². The Balaban J connectivity index is 1.27. The first kappa shape index (κ1) is 23.1. The average molecular weight is 476 g/mol. The molecule has 0 bridgehead atoms. The molecule has 0 spiro atoms. The van der Waals surface area contributed by atoms with Gasteiger partial charge in [-0.15, -0.1) is 0 Å². The van der Waals surface area contributed by atoms with Gasteiger partial charge in [0.1, 0.15) is 5.75 Å². The average Bonchev–Trinajstić information content (AvgIpc) is 2.77. The number of non-ortho nitro benzene ring substituents is 1. The minimum absolute atomic E-state index is 0.101. The van der Waals surface area contributed by atoms with E-state index in [1.54, 1.807) is 24.3 Å². The number of carbonyl (C=O) groups is 1. The minimum Gasteiger partial charge on any atom is -0.410 e. The quantitative estimate of drug-likeness (QED) is 0.478. The van der Waals surface area contributed by atoms with Crippen LogP contribution in [-0.4, -0.2) is 61.9 Å². The van der Waals surface area contributed by atoms with E-state index in [1.165, 1.54) is 24.3 Å². The van der Waals surface area contributed by atoms with Gasteiger partial charge in [0.25, 0.3) is 5.69 Å². The number of ether oxygens (including phenoxy) is 2. The molecule has 2 aliphatic rings. The van der Waals surface area contributed by atoms with Crippen LogP contribution in [0.2, 0.25) is 0 Å². The lowest BCUT2D eigenvalue weighted by molar-refractivity contribution is -0.384. The van der Waals surface area contributed by atoms with Crippen LogP contribution in [0, 0.1) is 10.1 Å². The van der Waals surface area contributed by atoms with Gasteiger partial charge < -0.3 is 14.8 Å². The summed E-state index contributed by atoms with van der Waals surface area (Å²) in [6, 6.07) is 12.1. The van der Waals surface area contributed by atoms with Gasteiger partial charge in [0, 0.05) is 18.7 Å². The molecule has 0 saturated carbocycles. The second-order valence-electron chi connectivity index (χ2n) is 8.11. The first-order valence-electron chi connectivity index (χ1n) is 10.7. The molecule has 0 radical (unpaired) electrons. The number of nitrogens with one attached hydrogen (secondary N) is 1. The molecule has 11 heteroatoms. The van der Waals surface area contributed by atoms with Crippen LogP contribution in [0.1, 0.15) is 18.4 Å². The third-order valence-corrected chi connectivity index (χ3v) is 8.28. The van der Waals surface area contributed by atoms with Crippen molar-refractivity contribution in [2.45, 2.75) is 35.6 Å². The summed E-state index contributed by atoms with van der Waals surface area (Å²) in [4.78, 5) is 24.7. The first-order chi connectivity index (χ1) is 15.8. The lowest BCUT2D eigenvalue weighted by Gasteiger charge is -2.41. The maximum atomic E-state index is 13.0. The molecule has 1 N–H and O–H groups in total. The number of benzene rings is 2. The van der Waals surface area contributed by atoms with Crippen molar-refractivity contribution in [1.29, 1.82) is 0 Å². The predicted octanol–water partition coefficient (Wildman–Crippen LogP) is 2.52. The number of sulfone groups is 1. The normalized spacial score (nSPS) is 17.8. The van der Waals surface area contributed by atoms with Crippen molar-refractivity contribution in [3.63, 3.8) is 0 Å². The molecule has 33 heavy (non-hydrogen) atoms. The highest BCUT2D eigenvalue weighted by Crippen LogP contribution is 2.27. The van der Waals surface area contributed by atoms with Gasteiger partial charge in [0.15, 0.2) is 9.84 Å². The van der Waals surface area contributed by atoms with Gasteiger partial charge in [0.2, 0.25) is 0 Å². The van der Waals surface area contributed by atoms with Gasteiger partial charge in [-0.2, -0.15) is 0 Å². The van der Waals surface area contributed by atoms with Crippen LogP contribution in [0.3, 0.4) is 0 Å². The summed E-state index contributed by atoms with van der Waals surface area (Å²) in [5.74, 6) is 0.176. The van der Waals surface area contributed by atoms with E-state index in [0.29, 0.717) is 18.9 Å². The summed E-state index contributed by atoms with van der Waals surface area (Å²) in [6.07, 6.45) is 0.497. The third-order valence-electron chi connectivity index (χ3n) is 6.00. The van der Waals surface area contributed by atoms with Crippen molar-refractivity contribution in [3.05, 3.63) is 64.2 Å². The zero-order valence-electron chi connectivity index (χ0n) is 17.9. The SMILES string of the molecule is O=C(NCc1ccc(S(=O)(=O)C2CCN(C3COC3)CC2)cc1)Oc1ccc([N+](=O)[O-])cc1. The second-order valence-corrected chi connectivity index (χ2v) is 10.3. The molecule has 2 aromatic carbocycles. The second kappa shape index (κ2) is 9.86. The summed E-state index contributed by atoms with van der Waals surface area (Å²) in [5, 5.41) is 12.8. The summed E-state index contributed by atoms with van der Waals surface area (Å²) in [6.45, 7) is 3.13. The Morgan fingerprint density at radius 3 is 2.27 bits per heavy atom. The number of amides is 1. The van der Waals surface area contributed by atoms with Gasteiger partial charge in [-0.05, 0) is 55.8 Å². The number of nitro groups is 1. The van der Waals surface area contributed by atoms with E-state index in [4.69, 9.17) is 9.47 Å². The predicted molar refractivity (Wildman–Crippen MR) is 119 cm³/mol. The molecule has 2 heterocycles. The molecule has 176 valence electrons. The Morgan fingerprint density at radius 2 is 1.73 bits per heavy atom. The van der Waals surface area contributed by atoms with Gasteiger partial charge in [0.05, 0.1) is 34.3 Å². The molecule has 2 saturated heterocycles. The van der Waals surface area contributed by atoms with E-state index in [0.717, 1.165) is 31.9 Å². The van der Waals surface area contributed by atoms with Crippen LogP contribution in [-0.2, 0) is 21.1 Å². The zero-order valence-corrected chi connectivity index (χ0v) is 18.7. The van der Waals surface area contributed by atoms with E-state index in [-0.39, 0.29) is 22.9 Å². The number of hydrogen-bond acceptors (Lipinski definition) is 8. The van der Waals surface area contributed by atoms with E-state index in [1.807, 2.05) is 0 Å². The van der Waals surface area contributed by atoms with Crippen LogP contribution < -0.4 is 10.1 Å². The van der Waals surface area contributed by atoms with Crippen molar-refractivity contribution in [2.24, 2.45) is 0 Å². The van der Waals surface area contributed by atoms with Crippen molar-refractivity contribution >= 4 is 21.6 Å². The topological polar surface area (TPSA) is 128 Å². The molecule has 10 nitrogen and oxygen atoms in total. The zero-order chi connectivity index (χ0) is 23.4. The maximum Gasteiger partial charge on any atom is 0.412 e. The fourth-order valence-corrected chi connectivity index (χ4v) is 5.66. The molecule has 0 atom stereocenters. The molecular weight excluding hydrogens is 450 g/mol. The molecule has 1 amide bonds. The number of hydrogen-bond donors (Lipinski definition) is 1. The van der Waals surface area contributed by atoms with Crippen molar-refractivity contribution in [1.82, 2.24) is 10.2 Å². The first-order valence-corrected chi connectivity index (χ1v) is 12.2. The van der Waals surface area contributed by atoms with Crippen LogP contribution in [0.4, 0.5) is 10.5 Å². The largest absolute Gasteiger partial charge is 0.412 e. The van der Waals surface area contributed by atoms with Crippen LogP contribution >= 0.6 is 0 Å². The Labute approximate surface area is 191 Å². The minimum atomic E-state index is -3.42. The third kappa shape index (κ3) is 5.49. The van der Waals surface area contributed by atoms with Crippen molar-refractivity contribution < 1.29 is 27.6 Å². The summed E-state index contributed by atoms with van der Waals surface area (Å²) >= 11 is 0. The maximum absolute atomic E-state index is 13.0. The highest BCUT2D eigenvalue weighted by molar-refractivity contribution is 7.92. The van der Waals surface area contributed by atoms with E-state index in [2.05, 4.69) is 10.2 Å². The summed E-state index contributed by atoms with van der Waals surface area (Å²) in [5.41, 5.74) is 0.616. The monoisotopic (exact) mass is 475 g/mol. The lowest BCUT2D eigenvalue weighted by atomic mass is 10.1. The molecule has 0 aliphatic carbocycles. The van der Waals surface area contributed by atoms with Gasteiger partial charge in [-0.3, -0.25) is 15.0 Å². The molecule has 2 aliphatic heterocycles. The molecule has 2 fully saturated rings. The Morgan fingerprint density at radius 1 is 1.09 bits per heavy atom. The summed E-state index contributed by atoms with van der Waals surface area (Å²) < 4.78 is 36.3. The Hall–Kier alpha value is -3.02. The van der Waals surface area contributed by atoms with Crippen LogP contribution in [0.15, 0.2) is 53.4 Å².